The van der Waals surface area contributed by atoms with Gasteiger partial charge >= 0.3 is 6.09 Å². The van der Waals surface area contributed by atoms with E-state index in [0.29, 0.717) is 13.2 Å². The van der Waals surface area contributed by atoms with Crippen LogP contribution in [0.5, 0.6) is 0 Å². The summed E-state index contributed by atoms with van der Waals surface area (Å²) in [6.07, 6.45) is 2.73. The number of benzene rings is 2. The van der Waals surface area contributed by atoms with E-state index in [1.165, 1.54) is 17.0 Å². The molecule has 1 aromatic heterocycles. The normalized spacial score (nSPS) is 19.4. The molecule has 1 aliphatic rings. The molecule has 7 heteroatoms. The van der Waals surface area contributed by atoms with Crippen LogP contribution in [-0.2, 0) is 10.3 Å². The first kappa shape index (κ1) is 21.1. The molecular weight excluding hydrogens is 397 g/mol. The summed E-state index contributed by atoms with van der Waals surface area (Å²) < 4.78 is 21.1. The Hall–Kier alpha value is -3.19. The van der Waals surface area contributed by atoms with E-state index in [-0.39, 0.29) is 17.8 Å². The van der Waals surface area contributed by atoms with Gasteiger partial charge in [-0.3, -0.25) is 0 Å². The Balaban J connectivity index is 1.64. The van der Waals surface area contributed by atoms with Gasteiger partial charge in [0, 0.05) is 18.3 Å². The molecule has 1 aliphatic heterocycles. The number of hydrogen-bond acceptors (Lipinski definition) is 3. The number of halogens is 1. The maximum atomic E-state index is 13.2. The second-order valence-electron chi connectivity index (χ2n) is 8.86. The lowest BCUT2D eigenvalue weighted by atomic mass is 9.71. The van der Waals surface area contributed by atoms with Crippen molar-refractivity contribution < 1.29 is 19.0 Å². The van der Waals surface area contributed by atoms with Gasteiger partial charge in [-0.15, -0.1) is 0 Å². The Bertz CT molecular complexity index is 1070. The molecule has 2 heterocycles. The van der Waals surface area contributed by atoms with Crippen LogP contribution in [0.3, 0.4) is 0 Å². The van der Waals surface area contributed by atoms with Gasteiger partial charge in [-0.1, -0.05) is 45.0 Å². The van der Waals surface area contributed by atoms with Crippen LogP contribution < -0.4 is 0 Å². The third kappa shape index (κ3) is 3.93. The maximum Gasteiger partial charge on any atom is 0.407 e. The molecular formula is C24H26FN3O3. The zero-order chi connectivity index (χ0) is 22.2. The first-order valence-corrected chi connectivity index (χ1v) is 10.2. The van der Waals surface area contributed by atoms with Crippen molar-refractivity contribution in [3.63, 3.8) is 0 Å². The van der Waals surface area contributed by atoms with E-state index in [9.17, 15) is 14.3 Å². The van der Waals surface area contributed by atoms with E-state index in [4.69, 9.17) is 4.74 Å². The number of morpholine rings is 1. The minimum absolute atomic E-state index is 0.285. The van der Waals surface area contributed by atoms with Crippen molar-refractivity contribution in [3.05, 3.63) is 72.3 Å². The van der Waals surface area contributed by atoms with Gasteiger partial charge in [0.05, 0.1) is 25.0 Å². The van der Waals surface area contributed by atoms with Crippen LogP contribution in [0.4, 0.5) is 9.18 Å². The molecule has 1 fully saturated rings. The van der Waals surface area contributed by atoms with Gasteiger partial charge in [0.25, 0.3) is 0 Å². The molecule has 1 saturated heterocycles. The summed E-state index contributed by atoms with van der Waals surface area (Å²) in [5, 5.41) is 13.9. The predicted octanol–water partition coefficient (Wildman–Crippen LogP) is 4.93. The Labute approximate surface area is 180 Å². The summed E-state index contributed by atoms with van der Waals surface area (Å²) in [5.74, 6) is -0.286. The zero-order valence-electron chi connectivity index (χ0n) is 17.9. The van der Waals surface area contributed by atoms with Crippen LogP contribution in [0.15, 0.2) is 60.9 Å². The highest BCUT2D eigenvalue weighted by Gasteiger charge is 2.48. The Morgan fingerprint density at radius 2 is 1.77 bits per heavy atom. The monoisotopic (exact) mass is 423 g/mol. The number of hydrogen-bond donors (Lipinski definition) is 1. The highest BCUT2D eigenvalue weighted by atomic mass is 19.1. The molecule has 6 nitrogen and oxygen atoms in total. The maximum absolute atomic E-state index is 13.2. The second kappa shape index (κ2) is 7.81. The molecule has 0 bridgehead atoms. The molecule has 3 aromatic rings. The van der Waals surface area contributed by atoms with E-state index in [1.54, 1.807) is 23.0 Å². The predicted molar refractivity (Wildman–Crippen MR) is 116 cm³/mol. The molecule has 0 unspecified atom stereocenters. The molecule has 1 atom stereocenters. The van der Waals surface area contributed by atoms with Gasteiger partial charge in [-0.05, 0) is 40.8 Å². The molecule has 1 N–H and O–H groups in total. The zero-order valence-corrected chi connectivity index (χ0v) is 17.9. The number of carbonyl (C=O) groups is 1. The van der Waals surface area contributed by atoms with Gasteiger partial charge in [-0.25, -0.2) is 13.9 Å². The van der Waals surface area contributed by atoms with Crippen LogP contribution in [0.1, 0.15) is 26.3 Å². The largest absolute Gasteiger partial charge is 0.465 e. The molecule has 31 heavy (non-hydrogen) atoms. The van der Waals surface area contributed by atoms with Crippen LogP contribution in [-0.4, -0.2) is 45.6 Å². The van der Waals surface area contributed by atoms with Crippen molar-refractivity contribution in [2.45, 2.75) is 26.4 Å². The first-order chi connectivity index (χ1) is 14.7. The first-order valence-electron chi connectivity index (χ1n) is 10.2. The van der Waals surface area contributed by atoms with Crippen molar-refractivity contribution in [3.8, 4) is 16.8 Å². The van der Waals surface area contributed by atoms with Crippen molar-refractivity contribution >= 4 is 6.09 Å². The molecule has 162 valence electrons. The summed E-state index contributed by atoms with van der Waals surface area (Å²) in [4.78, 5) is 13.0. The number of nitrogens with zero attached hydrogens (tertiary/aromatic N) is 3. The fraction of sp³-hybridized carbons (Fsp3) is 0.333. The summed E-state index contributed by atoms with van der Waals surface area (Å²) in [6.45, 7) is 7.22. The molecule has 0 aliphatic carbocycles. The number of amides is 1. The fourth-order valence-corrected chi connectivity index (χ4v) is 4.09. The summed E-state index contributed by atoms with van der Waals surface area (Å²) in [5.41, 5.74) is 2.58. The van der Waals surface area contributed by atoms with E-state index >= 15 is 0 Å². The van der Waals surface area contributed by atoms with Crippen molar-refractivity contribution in [1.82, 2.24) is 14.7 Å². The number of rotatable bonds is 3. The lowest BCUT2D eigenvalue weighted by Crippen LogP contribution is -2.57. The summed E-state index contributed by atoms with van der Waals surface area (Å²) in [7, 11) is 0. The number of aromatic nitrogens is 2. The summed E-state index contributed by atoms with van der Waals surface area (Å²) >= 11 is 0. The van der Waals surface area contributed by atoms with E-state index < -0.39 is 11.7 Å². The van der Waals surface area contributed by atoms with Crippen LogP contribution in [0.2, 0.25) is 0 Å². The van der Waals surface area contributed by atoms with E-state index in [2.05, 4.69) is 25.9 Å². The minimum atomic E-state index is -0.929. The van der Waals surface area contributed by atoms with Crippen molar-refractivity contribution in [1.29, 1.82) is 0 Å². The smallest absolute Gasteiger partial charge is 0.407 e. The third-order valence-corrected chi connectivity index (χ3v) is 5.96. The van der Waals surface area contributed by atoms with Gasteiger partial charge < -0.3 is 14.7 Å². The fourth-order valence-electron chi connectivity index (χ4n) is 4.09. The topological polar surface area (TPSA) is 67.6 Å². The quantitative estimate of drug-likeness (QED) is 0.649. The molecule has 2 aromatic carbocycles. The summed E-state index contributed by atoms with van der Waals surface area (Å²) in [6, 6.07) is 14.2. The molecule has 0 saturated carbocycles. The number of ether oxygens (including phenoxy) is 1. The molecule has 0 spiro atoms. The third-order valence-electron chi connectivity index (χ3n) is 5.96. The highest BCUT2D eigenvalue weighted by Crippen LogP contribution is 2.45. The second-order valence-corrected chi connectivity index (χ2v) is 8.86. The average molecular weight is 423 g/mol. The van der Waals surface area contributed by atoms with Crippen molar-refractivity contribution in [2.75, 3.05) is 19.7 Å². The van der Waals surface area contributed by atoms with Gasteiger partial charge in [0.15, 0.2) is 0 Å². The van der Waals surface area contributed by atoms with Crippen LogP contribution in [0.25, 0.3) is 16.8 Å². The minimum Gasteiger partial charge on any atom is -0.465 e. The Kier molecular flexibility index (Phi) is 5.31. The molecule has 4 rings (SSSR count). The average Bonchev–Trinajstić information content (AvgIpc) is 3.24. The standard InChI is InChI=1S/C24H26FN3O3/c1-23(2,3)24(16-27(22(29)30)12-13-31-24)19-6-4-17(5-7-19)18-14-26-28(15-18)21-10-8-20(25)9-11-21/h4-11,14-15H,12-13,16H2,1-3H3,(H,29,30)/t24-/m1/s1. The highest BCUT2D eigenvalue weighted by molar-refractivity contribution is 5.66. The molecule has 1 amide bonds. The number of carboxylic acid groups (broad SMARTS) is 1. The Morgan fingerprint density at radius 1 is 1.10 bits per heavy atom. The van der Waals surface area contributed by atoms with Crippen LogP contribution in [0, 0.1) is 11.2 Å². The van der Waals surface area contributed by atoms with Gasteiger partial charge in [0.2, 0.25) is 0 Å². The van der Waals surface area contributed by atoms with Crippen LogP contribution >= 0.6 is 0 Å². The van der Waals surface area contributed by atoms with Gasteiger partial charge in [0.1, 0.15) is 11.4 Å². The Morgan fingerprint density at radius 3 is 2.39 bits per heavy atom. The lowest BCUT2D eigenvalue weighted by Gasteiger charge is -2.50. The van der Waals surface area contributed by atoms with E-state index in [1.807, 2.05) is 30.5 Å². The van der Waals surface area contributed by atoms with Crippen molar-refractivity contribution in [2.24, 2.45) is 5.41 Å². The van der Waals surface area contributed by atoms with Gasteiger partial charge in [-0.2, -0.15) is 5.10 Å². The SMILES string of the molecule is CC(C)(C)[C@]1(c2ccc(-c3cnn(-c4ccc(F)cc4)c3)cc2)CN(C(=O)O)CCO1. The lowest BCUT2D eigenvalue weighted by molar-refractivity contribution is -0.166. The molecule has 0 radical (unpaired) electrons. The van der Waals surface area contributed by atoms with E-state index in [0.717, 1.165) is 22.4 Å².